The maximum atomic E-state index is 4.31. The molecule has 0 aliphatic rings. The summed E-state index contributed by atoms with van der Waals surface area (Å²) in [6, 6.07) is 14.6. The molecule has 2 heterocycles. The van der Waals surface area contributed by atoms with Gasteiger partial charge in [0.2, 0.25) is 0 Å². The zero-order valence-corrected chi connectivity index (χ0v) is 8.88. The third kappa shape index (κ3) is 1.70. The SMILES string of the molecule is c1cnc2ccc(Cn3cccc3)cc2c1. The lowest BCUT2D eigenvalue weighted by Gasteiger charge is -2.04. The summed E-state index contributed by atoms with van der Waals surface area (Å²) in [5.74, 6) is 0. The van der Waals surface area contributed by atoms with Crippen LogP contribution in [-0.2, 0) is 6.54 Å². The monoisotopic (exact) mass is 208 g/mol. The summed E-state index contributed by atoms with van der Waals surface area (Å²) >= 11 is 0. The molecule has 0 unspecified atom stereocenters. The fourth-order valence-corrected chi connectivity index (χ4v) is 1.91. The van der Waals surface area contributed by atoms with E-state index in [1.807, 2.05) is 24.4 Å². The molecule has 2 nitrogen and oxygen atoms in total. The minimum atomic E-state index is 0.915. The molecule has 1 aromatic carbocycles. The van der Waals surface area contributed by atoms with Gasteiger partial charge in [-0.25, -0.2) is 0 Å². The van der Waals surface area contributed by atoms with Gasteiger partial charge in [-0.3, -0.25) is 4.98 Å². The molecule has 0 spiro atoms. The van der Waals surface area contributed by atoms with Crippen LogP contribution in [0.5, 0.6) is 0 Å². The Morgan fingerprint density at radius 2 is 1.88 bits per heavy atom. The minimum Gasteiger partial charge on any atom is -0.350 e. The Hall–Kier alpha value is -2.09. The Kier molecular flexibility index (Phi) is 2.18. The lowest BCUT2D eigenvalue weighted by molar-refractivity contribution is 0.807. The van der Waals surface area contributed by atoms with Crippen LogP contribution in [0.15, 0.2) is 61.1 Å². The second kappa shape index (κ2) is 3.81. The Bertz CT molecular complexity index is 597. The molecule has 3 aromatic rings. The summed E-state index contributed by atoms with van der Waals surface area (Å²) in [4.78, 5) is 4.31. The van der Waals surface area contributed by atoms with Crippen molar-refractivity contribution in [1.29, 1.82) is 0 Å². The summed E-state index contributed by atoms with van der Waals surface area (Å²) in [7, 11) is 0. The fraction of sp³-hybridized carbons (Fsp3) is 0.0714. The molecule has 0 N–H and O–H groups in total. The normalized spacial score (nSPS) is 10.8. The molecule has 78 valence electrons. The Balaban J connectivity index is 1.99. The van der Waals surface area contributed by atoms with Crippen molar-refractivity contribution in [1.82, 2.24) is 9.55 Å². The lowest BCUT2D eigenvalue weighted by Crippen LogP contribution is -1.95. The summed E-state index contributed by atoms with van der Waals surface area (Å²) in [5, 5.41) is 1.20. The van der Waals surface area contributed by atoms with Crippen LogP contribution in [0.1, 0.15) is 5.56 Å². The number of nitrogens with zero attached hydrogens (tertiary/aromatic N) is 2. The smallest absolute Gasteiger partial charge is 0.0702 e. The second-order valence-corrected chi connectivity index (χ2v) is 3.89. The van der Waals surface area contributed by atoms with Crippen molar-refractivity contribution in [2.75, 3.05) is 0 Å². The van der Waals surface area contributed by atoms with E-state index in [-0.39, 0.29) is 0 Å². The first kappa shape index (κ1) is 9.16. The molecule has 2 aromatic heterocycles. The molecule has 0 radical (unpaired) electrons. The molecule has 0 fully saturated rings. The summed E-state index contributed by atoms with van der Waals surface area (Å²) in [6.45, 7) is 0.915. The van der Waals surface area contributed by atoms with Gasteiger partial charge in [-0.05, 0) is 35.9 Å². The van der Waals surface area contributed by atoms with E-state index in [1.165, 1.54) is 10.9 Å². The predicted molar refractivity (Wildman–Crippen MR) is 65.3 cm³/mol. The molecule has 0 amide bonds. The number of pyridine rings is 1. The standard InChI is InChI=1S/C14H12N2/c1-2-9-16(8-1)11-12-5-6-14-13(10-12)4-3-7-15-14/h1-10H,11H2. The molecular weight excluding hydrogens is 196 g/mol. The van der Waals surface area contributed by atoms with Gasteiger partial charge in [-0.2, -0.15) is 0 Å². The van der Waals surface area contributed by atoms with Gasteiger partial charge in [0.05, 0.1) is 5.52 Å². The van der Waals surface area contributed by atoms with Crippen molar-refractivity contribution in [3.05, 3.63) is 66.6 Å². The van der Waals surface area contributed by atoms with Crippen molar-refractivity contribution >= 4 is 10.9 Å². The zero-order valence-electron chi connectivity index (χ0n) is 8.88. The average molecular weight is 208 g/mol. The molecule has 0 bridgehead atoms. The van der Waals surface area contributed by atoms with Gasteiger partial charge in [0.1, 0.15) is 0 Å². The molecule has 0 atom stereocenters. The van der Waals surface area contributed by atoms with E-state index in [1.54, 1.807) is 0 Å². The van der Waals surface area contributed by atoms with Gasteiger partial charge in [-0.15, -0.1) is 0 Å². The van der Waals surface area contributed by atoms with Crippen LogP contribution in [-0.4, -0.2) is 9.55 Å². The molecule has 3 rings (SSSR count). The van der Waals surface area contributed by atoms with Crippen LogP contribution < -0.4 is 0 Å². The molecule has 0 saturated heterocycles. The molecule has 16 heavy (non-hydrogen) atoms. The third-order valence-corrected chi connectivity index (χ3v) is 2.70. The number of hydrogen-bond donors (Lipinski definition) is 0. The molecule has 0 saturated carbocycles. The first-order valence-corrected chi connectivity index (χ1v) is 5.36. The van der Waals surface area contributed by atoms with Gasteiger partial charge in [0, 0.05) is 30.5 Å². The Labute approximate surface area is 94.2 Å². The van der Waals surface area contributed by atoms with Gasteiger partial charge in [0.25, 0.3) is 0 Å². The lowest BCUT2D eigenvalue weighted by atomic mass is 10.1. The number of hydrogen-bond acceptors (Lipinski definition) is 1. The first-order valence-electron chi connectivity index (χ1n) is 5.36. The van der Waals surface area contributed by atoms with Crippen molar-refractivity contribution in [2.45, 2.75) is 6.54 Å². The Morgan fingerprint density at radius 3 is 2.75 bits per heavy atom. The van der Waals surface area contributed by atoms with E-state index in [2.05, 4.69) is 46.2 Å². The largest absolute Gasteiger partial charge is 0.350 e. The highest BCUT2D eigenvalue weighted by Crippen LogP contribution is 2.14. The summed E-state index contributed by atoms with van der Waals surface area (Å²) in [5.41, 5.74) is 2.36. The van der Waals surface area contributed by atoms with Crippen LogP contribution in [0.25, 0.3) is 10.9 Å². The molecule has 0 aliphatic carbocycles. The minimum absolute atomic E-state index is 0.915. The van der Waals surface area contributed by atoms with E-state index in [4.69, 9.17) is 0 Å². The number of fused-ring (bicyclic) bond motifs is 1. The summed E-state index contributed by atoms with van der Waals surface area (Å²) < 4.78 is 2.16. The zero-order chi connectivity index (χ0) is 10.8. The average Bonchev–Trinajstić information content (AvgIpc) is 2.82. The van der Waals surface area contributed by atoms with Gasteiger partial charge < -0.3 is 4.57 Å². The first-order chi connectivity index (χ1) is 7.92. The van der Waals surface area contributed by atoms with Gasteiger partial charge in [0.15, 0.2) is 0 Å². The van der Waals surface area contributed by atoms with Gasteiger partial charge >= 0.3 is 0 Å². The molecular formula is C14H12N2. The van der Waals surface area contributed by atoms with Gasteiger partial charge in [-0.1, -0.05) is 12.1 Å². The van der Waals surface area contributed by atoms with Crippen molar-refractivity contribution in [3.63, 3.8) is 0 Å². The van der Waals surface area contributed by atoms with Crippen molar-refractivity contribution < 1.29 is 0 Å². The van der Waals surface area contributed by atoms with E-state index in [0.717, 1.165) is 12.1 Å². The maximum Gasteiger partial charge on any atom is 0.0702 e. The van der Waals surface area contributed by atoms with Crippen LogP contribution >= 0.6 is 0 Å². The van der Waals surface area contributed by atoms with Crippen LogP contribution in [0.2, 0.25) is 0 Å². The van der Waals surface area contributed by atoms with E-state index >= 15 is 0 Å². The predicted octanol–water partition coefficient (Wildman–Crippen LogP) is 3.08. The topological polar surface area (TPSA) is 17.8 Å². The summed E-state index contributed by atoms with van der Waals surface area (Å²) in [6.07, 6.45) is 5.98. The maximum absolute atomic E-state index is 4.31. The van der Waals surface area contributed by atoms with Crippen LogP contribution in [0, 0.1) is 0 Å². The number of rotatable bonds is 2. The van der Waals surface area contributed by atoms with Crippen molar-refractivity contribution in [2.24, 2.45) is 0 Å². The Morgan fingerprint density at radius 1 is 1.00 bits per heavy atom. The molecule has 2 heteroatoms. The third-order valence-electron chi connectivity index (χ3n) is 2.70. The van der Waals surface area contributed by atoms with E-state index < -0.39 is 0 Å². The highest BCUT2D eigenvalue weighted by molar-refractivity contribution is 5.78. The molecule has 0 aliphatic heterocycles. The van der Waals surface area contributed by atoms with Crippen LogP contribution in [0.4, 0.5) is 0 Å². The van der Waals surface area contributed by atoms with Crippen LogP contribution in [0.3, 0.4) is 0 Å². The van der Waals surface area contributed by atoms with E-state index in [9.17, 15) is 0 Å². The fourth-order valence-electron chi connectivity index (χ4n) is 1.91. The second-order valence-electron chi connectivity index (χ2n) is 3.89. The van der Waals surface area contributed by atoms with E-state index in [0.29, 0.717) is 0 Å². The highest BCUT2D eigenvalue weighted by Gasteiger charge is 1.97. The quantitative estimate of drug-likeness (QED) is 0.632. The number of benzene rings is 1. The highest BCUT2D eigenvalue weighted by atomic mass is 14.9. The van der Waals surface area contributed by atoms with Crippen molar-refractivity contribution in [3.8, 4) is 0 Å². The number of aromatic nitrogens is 2.